The molecule has 98 valence electrons. The van der Waals surface area contributed by atoms with Gasteiger partial charge < -0.3 is 11.1 Å². The maximum Gasteiger partial charge on any atom is 0.329 e. The molecule has 1 aliphatic rings. The fourth-order valence-electron chi connectivity index (χ4n) is 2.30. The van der Waals surface area contributed by atoms with Crippen LogP contribution in [-0.2, 0) is 0 Å². The standard InChI is InChI=1S/C11H17N5O2/c1-7-4-2-3-5-8(7)14-11-13-6-9(16(17)18)10(12)15-11/h6-8H,2-5H2,1H3,(H3,12,13,14,15). The van der Waals surface area contributed by atoms with Gasteiger partial charge in [-0.2, -0.15) is 4.98 Å². The molecule has 0 bridgehead atoms. The lowest BCUT2D eigenvalue weighted by atomic mass is 9.86. The van der Waals surface area contributed by atoms with E-state index in [0.717, 1.165) is 12.6 Å². The molecule has 1 saturated carbocycles. The number of nitrogens with one attached hydrogen (secondary N) is 1. The second-order valence-electron chi connectivity index (χ2n) is 4.73. The van der Waals surface area contributed by atoms with Crippen molar-refractivity contribution >= 4 is 17.5 Å². The Morgan fingerprint density at radius 1 is 1.50 bits per heavy atom. The van der Waals surface area contributed by atoms with Gasteiger partial charge in [-0.15, -0.1) is 0 Å². The van der Waals surface area contributed by atoms with Crippen molar-refractivity contribution in [3.05, 3.63) is 16.3 Å². The first-order valence-electron chi connectivity index (χ1n) is 6.11. The largest absolute Gasteiger partial charge is 0.378 e. The summed E-state index contributed by atoms with van der Waals surface area (Å²) in [6.07, 6.45) is 5.84. The summed E-state index contributed by atoms with van der Waals surface area (Å²) < 4.78 is 0. The third kappa shape index (κ3) is 2.66. The second kappa shape index (κ2) is 5.16. The molecule has 1 fully saturated rings. The van der Waals surface area contributed by atoms with Crippen molar-refractivity contribution in [2.45, 2.75) is 38.6 Å². The molecule has 2 atom stereocenters. The first kappa shape index (κ1) is 12.5. The third-order valence-electron chi connectivity index (χ3n) is 3.42. The zero-order valence-corrected chi connectivity index (χ0v) is 10.3. The van der Waals surface area contributed by atoms with Gasteiger partial charge in [-0.3, -0.25) is 10.1 Å². The maximum atomic E-state index is 10.6. The highest BCUT2D eigenvalue weighted by Crippen LogP contribution is 2.26. The molecule has 3 N–H and O–H groups in total. The third-order valence-corrected chi connectivity index (χ3v) is 3.42. The van der Waals surface area contributed by atoms with Gasteiger partial charge in [0.05, 0.1) is 4.92 Å². The lowest BCUT2D eigenvalue weighted by molar-refractivity contribution is -0.384. The highest BCUT2D eigenvalue weighted by molar-refractivity contribution is 5.53. The molecule has 1 aromatic rings. The Hall–Kier alpha value is -1.92. The minimum Gasteiger partial charge on any atom is -0.378 e. The van der Waals surface area contributed by atoms with E-state index in [-0.39, 0.29) is 11.5 Å². The number of anilines is 2. The first-order valence-corrected chi connectivity index (χ1v) is 6.11. The van der Waals surface area contributed by atoms with Gasteiger partial charge in [0, 0.05) is 6.04 Å². The van der Waals surface area contributed by atoms with Gasteiger partial charge in [-0.1, -0.05) is 19.8 Å². The van der Waals surface area contributed by atoms with E-state index in [2.05, 4.69) is 22.2 Å². The van der Waals surface area contributed by atoms with E-state index in [1.165, 1.54) is 19.3 Å². The van der Waals surface area contributed by atoms with Gasteiger partial charge in [0.15, 0.2) is 0 Å². The van der Waals surface area contributed by atoms with E-state index < -0.39 is 4.92 Å². The number of aromatic nitrogens is 2. The molecular formula is C11H17N5O2. The minimum absolute atomic E-state index is 0.0963. The molecule has 2 unspecified atom stereocenters. The molecule has 0 aromatic carbocycles. The summed E-state index contributed by atoms with van der Waals surface area (Å²) in [5, 5.41) is 13.8. The molecule has 0 radical (unpaired) electrons. The van der Waals surface area contributed by atoms with Crippen molar-refractivity contribution in [3.63, 3.8) is 0 Å². The lowest BCUT2D eigenvalue weighted by Gasteiger charge is -2.29. The van der Waals surface area contributed by atoms with E-state index >= 15 is 0 Å². The Morgan fingerprint density at radius 2 is 2.22 bits per heavy atom. The van der Waals surface area contributed by atoms with Crippen LogP contribution in [0.15, 0.2) is 6.20 Å². The van der Waals surface area contributed by atoms with Crippen LogP contribution in [0.1, 0.15) is 32.6 Å². The number of nitro groups is 1. The van der Waals surface area contributed by atoms with Crippen LogP contribution in [0.25, 0.3) is 0 Å². The number of nitrogens with two attached hydrogens (primary N) is 1. The normalized spacial score (nSPS) is 23.6. The Labute approximate surface area is 105 Å². The number of nitrogens with zero attached hydrogens (tertiary/aromatic N) is 3. The Morgan fingerprint density at radius 3 is 2.83 bits per heavy atom. The highest BCUT2D eigenvalue weighted by atomic mass is 16.6. The van der Waals surface area contributed by atoms with Crippen LogP contribution in [-0.4, -0.2) is 20.9 Å². The predicted octanol–water partition coefficient (Wildman–Crippen LogP) is 1.96. The van der Waals surface area contributed by atoms with Gasteiger partial charge in [-0.05, 0) is 18.8 Å². The van der Waals surface area contributed by atoms with Crippen LogP contribution in [0.2, 0.25) is 0 Å². The van der Waals surface area contributed by atoms with Crippen molar-refractivity contribution in [2.24, 2.45) is 5.92 Å². The van der Waals surface area contributed by atoms with E-state index in [4.69, 9.17) is 5.73 Å². The van der Waals surface area contributed by atoms with Crippen molar-refractivity contribution in [2.75, 3.05) is 11.1 Å². The van der Waals surface area contributed by atoms with Crippen LogP contribution in [0.3, 0.4) is 0 Å². The number of rotatable bonds is 3. The summed E-state index contributed by atoms with van der Waals surface area (Å²) in [4.78, 5) is 17.9. The fraction of sp³-hybridized carbons (Fsp3) is 0.636. The summed E-state index contributed by atoms with van der Waals surface area (Å²) in [5.74, 6) is 0.830. The summed E-state index contributed by atoms with van der Waals surface area (Å²) >= 11 is 0. The molecule has 0 aliphatic heterocycles. The van der Waals surface area contributed by atoms with Crippen molar-refractivity contribution in [1.29, 1.82) is 0 Å². The van der Waals surface area contributed by atoms with Gasteiger partial charge in [0.25, 0.3) is 0 Å². The molecule has 2 rings (SSSR count). The van der Waals surface area contributed by atoms with Gasteiger partial charge in [-0.25, -0.2) is 4.98 Å². The van der Waals surface area contributed by atoms with Gasteiger partial charge in [0.1, 0.15) is 6.20 Å². The molecule has 0 spiro atoms. The van der Waals surface area contributed by atoms with Crippen molar-refractivity contribution < 1.29 is 4.92 Å². The topological polar surface area (TPSA) is 107 Å². The van der Waals surface area contributed by atoms with Gasteiger partial charge >= 0.3 is 5.69 Å². The number of nitrogen functional groups attached to an aromatic ring is 1. The molecular weight excluding hydrogens is 234 g/mol. The zero-order valence-electron chi connectivity index (χ0n) is 10.3. The van der Waals surface area contributed by atoms with E-state index in [0.29, 0.717) is 17.9 Å². The number of hydrogen-bond acceptors (Lipinski definition) is 6. The molecule has 0 amide bonds. The smallest absolute Gasteiger partial charge is 0.329 e. The Kier molecular flexibility index (Phi) is 3.59. The Bertz CT molecular complexity index is 451. The lowest BCUT2D eigenvalue weighted by Crippen LogP contribution is -2.31. The van der Waals surface area contributed by atoms with Crippen LogP contribution in [0.5, 0.6) is 0 Å². The van der Waals surface area contributed by atoms with Crippen LogP contribution >= 0.6 is 0 Å². The van der Waals surface area contributed by atoms with Crippen LogP contribution in [0.4, 0.5) is 17.5 Å². The van der Waals surface area contributed by atoms with Crippen LogP contribution < -0.4 is 11.1 Å². The molecule has 1 heterocycles. The average molecular weight is 251 g/mol. The number of hydrogen-bond donors (Lipinski definition) is 2. The van der Waals surface area contributed by atoms with Crippen molar-refractivity contribution in [3.8, 4) is 0 Å². The Balaban J connectivity index is 2.10. The van der Waals surface area contributed by atoms with E-state index in [1.807, 2.05) is 0 Å². The van der Waals surface area contributed by atoms with E-state index in [9.17, 15) is 10.1 Å². The zero-order chi connectivity index (χ0) is 13.1. The minimum atomic E-state index is -0.581. The monoisotopic (exact) mass is 251 g/mol. The SMILES string of the molecule is CC1CCCCC1Nc1ncc([N+](=O)[O-])c(N)n1. The molecule has 1 aliphatic carbocycles. The average Bonchev–Trinajstić information content (AvgIpc) is 2.32. The second-order valence-corrected chi connectivity index (χ2v) is 4.73. The highest BCUT2D eigenvalue weighted by Gasteiger charge is 2.22. The molecule has 7 heteroatoms. The molecule has 0 saturated heterocycles. The maximum absolute atomic E-state index is 10.6. The summed E-state index contributed by atoms with van der Waals surface area (Å²) in [5.41, 5.74) is 5.28. The fourth-order valence-corrected chi connectivity index (χ4v) is 2.30. The predicted molar refractivity (Wildman–Crippen MR) is 68.1 cm³/mol. The molecule has 18 heavy (non-hydrogen) atoms. The quantitative estimate of drug-likeness (QED) is 0.628. The summed E-state index contributed by atoms with van der Waals surface area (Å²) in [7, 11) is 0. The van der Waals surface area contributed by atoms with Crippen LogP contribution in [0, 0.1) is 16.0 Å². The van der Waals surface area contributed by atoms with E-state index in [1.54, 1.807) is 0 Å². The van der Waals surface area contributed by atoms with Gasteiger partial charge in [0.2, 0.25) is 11.8 Å². The molecule has 1 aromatic heterocycles. The van der Waals surface area contributed by atoms with Crippen molar-refractivity contribution in [1.82, 2.24) is 9.97 Å². The first-order chi connectivity index (χ1) is 8.58. The molecule has 7 nitrogen and oxygen atoms in total. The summed E-state index contributed by atoms with van der Waals surface area (Å²) in [6.45, 7) is 2.19. The summed E-state index contributed by atoms with van der Waals surface area (Å²) in [6, 6.07) is 0.319.